The number of amides is 2. The Labute approximate surface area is 108 Å². The molecule has 0 aromatic rings. The molecule has 19 heavy (non-hydrogen) atoms. The molecule has 1 unspecified atom stereocenters. The summed E-state index contributed by atoms with van der Waals surface area (Å²) in [4.78, 5) is 22.0. The highest BCUT2D eigenvalue weighted by Gasteiger charge is 2.26. The van der Waals surface area contributed by atoms with Crippen LogP contribution in [0.3, 0.4) is 0 Å². The van der Waals surface area contributed by atoms with E-state index in [0.29, 0.717) is 0 Å². The molecule has 112 valence electrons. The second-order valence-corrected chi connectivity index (χ2v) is 3.79. The first-order valence-corrected chi connectivity index (χ1v) is 5.59. The number of carbonyl (C=O) groups is 2. The van der Waals surface area contributed by atoms with E-state index >= 15 is 0 Å². The zero-order valence-corrected chi connectivity index (χ0v) is 10.4. The van der Waals surface area contributed by atoms with Gasteiger partial charge in [0.25, 0.3) is 0 Å². The van der Waals surface area contributed by atoms with Crippen molar-refractivity contribution in [3.05, 3.63) is 0 Å². The summed E-state index contributed by atoms with van der Waals surface area (Å²) in [6.07, 6.45) is -5.45. The van der Waals surface area contributed by atoms with Crippen molar-refractivity contribution in [2.45, 2.75) is 31.5 Å². The largest absolute Gasteiger partial charge is 0.480 e. The zero-order chi connectivity index (χ0) is 14.9. The van der Waals surface area contributed by atoms with Gasteiger partial charge in [0, 0.05) is 33.1 Å². The van der Waals surface area contributed by atoms with Crippen LogP contribution >= 0.6 is 0 Å². The lowest BCUT2D eigenvalue weighted by Crippen LogP contribution is -2.46. The van der Waals surface area contributed by atoms with Crippen molar-refractivity contribution < 1.29 is 32.6 Å². The van der Waals surface area contributed by atoms with E-state index in [1.54, 1.807) is 0 Å². The van der Waals surface area contributed by atoms with Gasteiger partial charge in [-0.1, -0.05) is 0 Å². The predicted molar refractivity (Wildman–Crippen MR) is 59.7 cm³/mol. The summed E-state index contributed by atoms with van der Waals surface area (Å²) in [5, 5.41) is 13.1. The van der Waals surface area contributed by atoms with E-state index in [1.165, 1.54) is 7.11 Å². The van der Waals surface area contributed by atoms with Gasteiger partial charge in [0.1, 0.15) is 6.04 Å². The summed E-state index contributed by atoms with van der Waals surface area (Å²) in [6.45, 7) is -0.0344. The molecule has 1 atom stereocenters. The lowest BCUT2D eigenvalue weighted by atomic mass is 10.2. The number of carboxylic acid groups (broad SMARTS) is 1. The van der Waals surface area contributed by atoms with Crippen molar-refractivity contribution in [1.82, 2.24) is 10.6 Å². The van der Waals surface area contributed by atoms with E-state index in [2.05, 4.69) is 15.4 Å². The maximum atomic E-state index is 11.8. The molecule has 0 aromatic carbocycles. The van der Waals surface area contributed by atoms with Crippen molar-refractivity contribution >= 4 is 12.0 Å². The number of hydrogen-bond donors (Lipinski definition) is 3. The molecule has 0 saturated carbocycles. The first kappa shape index (κ1) is 17.5. The van der Waals surface area contributed by atoms with Crippen molar-refractivity contribution in [3.63, 3.8) is 0 Å². The molecule has 0 aliphatic rings. The molecular weight excluding hydrogens is 269 g/mol. The maximum absolute atomic E-state index is 11.8. The molecule has 0 spiro atoms. The van der Waals surface area contributed by atoms with Crippen molar-refractivity contribution in [2.24, 2.45) is 0 Å². The summed E-state index contributed by atoms with van der Waals surface area (Å²) in [6, 6.07) is -1.95. The first-order valence-electron chi connectivity index (χ1n) is 5.59. The third-order valence-corrected chi connectivity index (χ3v) is 2.14. The van der Waals surface area contributed by atoms with Crippen LogP contribution in [-0.4, -0.2) is 49.6 Å². The van der Waals surface area contributed by atoms with Crippen LogP contribution in [0.1, 0.15) is 19.3 Å². The third-order valence-electron chi connectivity index (χ3n) is 2.14. The molecule has 0 bridgehead atoms. The highest BCUT2D eigenvalue weighted by molar-refractivity contribution is 5.82. The maximum Gasteiger partial charge on any atom is 0.389 e. The van der Waals surface area contributed by atoms with Crippen LogP contribution in [0.2, 0.25) is 0 Å². The van der Waals surface area contributed by atoms with E-state index in [-0.39, 0.29) is 26.0 Å². The summed E-state index contributed by atoms with van der Waals surface area (Å²) >= 11 is 0. The molecule has 0 fully saturated rings. The number of alkyl halides is 3. The standard InChI is InChI=1S/C10H17F3N2O4/c1-19-6-3-7(8(16)17)15-9(18)14-5-2-4-10(11,12)13/h7H,2-6H2,1H3,(H,16,17)(H2,14,15,18). The molecule has 0 radical (unpaired) electrons. The van der Waals surface area contributed by atoms with Crippen LogP contribution in [-0.2, 0) is 9.53 Å². The number of rotatable bonds is 8. The number of urea groups is 1. The minimum atomic E-state index is -4.26. The van der Waals surface area contributed by atoms with Crippen LogP contribution in [0.25, 0.3) is 0 Å². The Morgan fingerprint density at radius 2 is 2.00 bits per heavy atom. The molecule has 2 amide bonds. The second-order valence-electron chi connectivity index (χ2n) is 3.79. The summed E-state index contributed by atoms with van der Waals surface area (Å²) in [7, 11) is 1.39. The Bertz CT molecular complexity index is 297. The Hall–Kier alpha value is -1.51. The fourth-order valence-corrected chi connectivity index (χ4v) is 1.19. The average Bonchev–Trinajstić information content (AvgIpc) is 2.28. The molecule has 9 heteroatoms. The number of carboxylic acids is 1. The van der Waals surface area contributed by atoms with Crippen LogP contribution in [0.5, 0.6) is 0 Å². The van der Waals surface area contributed by atoms with Crippen molar-refractivity contribution in [3.8, 4) is 0 Å². The molecule has 0 aliphatic heterocycles. The Kier molecular flexibility index (Phi) is 7.89. The van der Waals surface area contributed by atoms with Gasteiger partial charge >= 0.3 is 18.2 Å². The fraction of sp³-hybridized carbons (Fsp3) is 0.800. The molecular formula is C10H17F3N2O4. The molecule has 3 N–H and O–H groups in total. The summed E-state index contributed by atoms with van der Waals surface area (Å²) < 4.78 is 40.1. The van der Waals surface area contributed by atoms with Crippen LogP contribution in [0.4, 0.5) is 18.0 Å². The number of nitrogens with one attached hydrogen (secondary N) is 2. The van der Waals surface area contributed by atoms with Gasteiger partial charge in [-0.05, 0) is 6.42 Å². The van der Waals surface area contributed by atoms with Crippen LogP contribution in [0, 0.1) is 0 Å². The van der Waals surface area contributed by atoms with Gasteiger partial charge in [0.15, 0.2) is 0 Å². The summed E-state index contributed by atoms with van der Waals surface area (Å²) in [5.74, 6) is -1.23. The van der Waals surface area contributed by atoms with Gasteiger partial charge in [-0.3, -0.25) is 0 Å². The number of hydrogen-bond acceptors (Lipinski definition) is 3. The van der Waals surface area contributed by atoms with E-state index in [0.717, 1.165) is 0 Å². The lowest BCUT2D eigenvalue weighted by molar-refractivity contribution is -0.139. The van der Waals surface area contributed by atoms with E-state index in [1.807, 2.05) is 0 Å². The van der Waals surface area contributed by atoms with Crippen molar-refractivity contribution in [1.29, 1.82) is 0 Å². The molecule has 0 rings (SSSR count). The highest BCUT2D eigenvalue weighted by atomic mass is 19.4. The molecule has 6 nitrogen and oxygen atoms in total. The third kappa shape index (κ3) is 10.1. The zero-order valence-electron chi connectivity index (χ0n) is 10.4. The van der Waals surface area contributed by atoms with Gasteiger partial charge in [0.05, 0.1) is 0 Å². The minimum absolute atomic E-state index is 0.0712. The van der Waals surface area contributed by atoms with Crippen molar-refractivity contribution in [2.75, 3.05) is 20.3 Å². The van der Waals surface area contributed by atoms with E-state index in [4.69, 9.17) is 5.11 Å². The normalized spacial score (nSPS) is 12.8. The molecule has 0 aromatic heterocycles. The van der Waals surface area contributed by atoms with Gasteiger partial charge < -0.3 is 20.5 Å². The quantitative estimate of drug-likeness (QED) is 0.583. The lowest BCUT2D eigenvalue weighted by Gasteiger charge is -2.14. The highest BCUT2D eigenvalue weighted by Crippen LogP contribution is 2.20. The Balaban J connectivity index is 3.90. The number of ether oxygens (including phenoxy) is 1. The van der Waals surface area contributed by atoms with Crippen LogP contribution in [0.15, 0.2) is 0 Å². The average molecular weight is 286 g/mol. The molecule has 0 saturated heterocycles. The monoisotopic (exact) mass is 286 g/mol. The number of aliphatic carboxylic acids is 1. The molecule has 0 heterocycles. The SMILES string of the molecule is COCCC(NC(=O)NCCCC(F)(F)F)C(=O)O. The van der Waals surface area contributed by atoms with Gasteiger partial charge in [-0.2, -0.15) is 13.2 Å². The van der Waals surface area contributed by atoms with Gasteiger partial charge in [-0.15, -0.1) is 0 Å². The Morgan fingerprint density at radius 3 is 2.47 bits per heavy atom. The first-order chi connectivity index (χ1) is 8.76. The number of carbonyl (C=O) groups excluding carboxylic acids is 1. The topological polar surface area (TPSA) is 87.7 Å². The van der Waals surface area contributed by atoms with E-state index < -0.39 is 30.6 Å². The minimum Gasteiger partial charge on any atom is -0.480 e. The second kappa shape index (κ2) is 8.57. The number of methoxy groups -OCH3 is 1. The molecule has 0 aliphatic carbocycles. The van der Waals surface area contributed by atoms with Gasteiger partial charge in [0.2, 0.25) is 0 Å². The fourth-order valence-electron chi connectivity index (χ4n) is 1.19. The summed E-state index contributed by atoms with van der Waals surface area (Å²) in [5.41, 5.74) is 0. The van der Waals surface area contributed by atoms with E-state index in [9.17, 15) is 22.8 Å². The van der Waals surface area contributed by atoms with Gasteiger partial charge in [-0.25, -0.2) is 9.59 Å². The van der Waals surface area contributed by atoms with Crippen LogP contribution < -0.4 is 10.6 Å². The number of halogens is 3. The Morgan fingerprint density at radius 1 is 1.37 bits per heavy atom. The smallest absolute Gasteiger partial charge is 0.389 e. The predicted octanol–water partition coefficient (Wildman–Crippen LogP) is 1.12.